The van der Waals surface area contributed by atoms with Crippen molar-refractivity contribution in [2.24, 2.45) is 7.05 Å². The van der Waals surface area contributed by atoms with Gasteiger partial charge in [-0.25, -0.2) is 0 Å². The maximum Gasteiger partial charge on any atom is 0.255 e. The fraction of sp³-hybridized carbons (Fsp3) is 0.200. The number of nitrogens with zero attached hydrogens (tertiary/aromatic N) is 2. The van der Waals surface area contributed by atoms with Gasteiger partial charge >= 0.3 is 0 Å². The van der Waals surface area contributed by atoms with Crippen LogP contribution in [-0.2, 0) is 13.7 Å². The highest BCUT2D eigenvalue weighted by Gasteiger charge is 2.11. The van der Waals surface area contributed by atoms with Gasteiger partial charge < -0.3 is 10.1 Å². The molecular formula is C20H20ClN3O2. The molecule has 0 radical (unpaired) electrons. The topological polar surface area (TPSA) is 56.1 Å². The molecular weight excluding hydrogens is 350 g/mol. The van der Waals surface area contributed by atoms with Crippen LogP contribution in [0.15, 0.2) is 48.7 Å². The van der Waals surface area contributed by atoms with Crippen molar-refractivity contribution >= 4 is 23.2 Å². The summed E-state index contributed by atoms with van der Waals surface area (Å²) < 4.78 is 7.52. The minimum atomic E-state index is -0.175. The second kappa shape index (κ2) is 7.62. The lowest BCUT2D eigenvalue weighted by molar-refractivity contribution is 0.102. The summed E-state index contributed by atoms with van der Waals surface area (Å²) in [5.74, 6) is 0.598. The van der Waals surface area contributed by atoms with Crippen molar-refractivity contribution in [3.8, 4) is 5.75 Å². The molecule has 0 aliphatic heterocycles. The lowest BCUT2D eigenvalue weighted by atomic mass is 10.1. The molecule has 1 aromatic heterocycles. The Morgan fingerprint density at radius 3 is 2.73 bits per heavy atom. The van der Waals surface area contributed by atoms with E-state index in [4.69, 9.17) is 16.3 Å². The quantitative estimate of drug-likeness (QED) is 0.719. The fourth-order valence-corrected chi connectivity index (χ4v) is 2.88. The average molecular weight is 370 g/mol. The van der Waals surface area contributed by atoms with Crippen LogP contribution in [0.25, 0.3) is 0 Å². The van der Waals surface area contributed by atoms with Gasteiger partial charge in [0.1, 0.15) is 12.4 Å². The maximum atomic E-state index is 12.5. The highest BCUT2D eigenvalue weighted by atomic mass is 35.5. The average Bonchev–Trinajstić information content (AvgIpc) is 2.91. The molecule has 0 atom stereocenters. The summed E-state index contributed by atoms with van der Waals surface area (Å²) in [7, 11) is 1.82. The zero-order valence-electron chi connectivity index (χ0n) is 14.9. The zero-order chi connectivity index (χ0) is 18.7. The Kier molecular flexibility index (Phi) is 5.28. The van der Waals surface area contributed by atoms with E-state index >= 15 is 0 Å². The summed E-state index contributed by atoms with van der Waals surface area (Å²) in [5, 5.41) is 7.79. The number of aromatic nitrogens is 2. The van der Waals surface area contributed by atoms with Crippen molar-refractivity contribution in [1.82, 2.24) is 9.78 Å². The molecule has 0 saturated carbocycles. The Hall–Kier alpha value is -2.79. The standard InChI is InChI=1S/C20H20ClN3O2/c1-13-9-17(21)7-8-19(13)26-12-15-5-4-6-16(10-15)20(25)22-18-11-24(3)23-14(18)2/h4-11H,12H2,1-3H3,(H,22,25). The molecule has 0 aliphatic carbocycles. The number of amides is 1. The van der Waals surface area contributed by atoms with E-state index in [9.17, 15) is 4.79 Å². The first-order valence-corrected chi connectivity index (χ1v) is 8.59. The first-order valence-electron chi connectivity index (χ1n) is 8.22. The lowest BCUT2D eigenvalue weighted by Gasteiger charge is -2.10. The van der Waals surface area contributed by atoms with Crippen molar-refractivity contribution in [1.29, 1.82) is 0 Å². The van der Waals surface area contributed by atoms with Crippen LogP contribution in [0.1, 0.15) is 27.2 Å². The number of benzene rings is 2. The smallest absolute Gasteiger partial charge is 0.255 e. The van der Waals surface area contributed by atoms with Gasteiger partial charge in [0.15, 0.2) is 0 Å². The molecule has 6 heteroatoms. The number of halogens is 1. The van der Waals surface area contributed by atoms with Gasteiger partial charge in [-0.2, -0.15) is 5.10 Å². The van der Waals surface area contributed by atoms with Gasteiger partial charge in [-0.1, -0.05) is 23.7 Å². The molecule has 3 aromatic rings. The molecule has 1 amide bonds. The maximum absolute atomic E-state index is 12.5. The number of anilines is 1. The molecule has 0 unspecified atom stereocenters. The van der Waals surface area contributed by atoms with E-state index in [2.05, 4.69) is 10.4 Å². The van der Waals surface area contributed by atoms with Crippen LogP contribution in [-0.4, -0.2) is 15.7 Å². The molecule has 0 saturated heterocycles. The van der Waals surface area contributed by atoms with Gasteiger partial charge in [0.25, 0.3) is 5.91 Å². The Balaban J connectivity index is 1.69. The summed E-state index contributed by atoms with van der Waals surface area (Å²) in [6.45, 7) is 4.17. The van der Waals surface area contributed by atoms with Crippen LogP contribution in [0, 0.1) is 13.8 Å². The van der Waals surface area contributed by atoms with Crippen LogP contribution in [0.5, 0.6) is 5.75 Å². The van der Waals surface area contributed by atoms with Gasteiger partial charge in [-0.05, 0) is 55.3 Å². The van der Waals surface area contributed by atoms with Crippen LogP contribution in [0.3, 0.4) is 0 Å². The first kappa shape index (κ1) is 18.0. The second-order valence-corrected chi connectivity index (χ2v) is 6.59. The summed E-state index contributed by atoms with van der Waals surface area (Å²) >= 11 is 5.96. The molecule has 0 spiro atoms. The molecule has 0 bridgehead atoms. The molecule has 3 rings (SSSR count). The molecule has 5 nitrogen and oxygen atoms in total. The zero-order valence-corrected chi connectivity index (χ0v) is 15.7. The third-order valence-electron chi connectivity index (χ3n) is 3.98. The molecule has 0 aliphatic rings. The number of nitrogens with one attached hydrogen (secondary N) is 1. The summed E-state index contributed by atoms with van der Waals surface area (Å²) in [4.78, 5) is 12.5. The first-order chi connectivity index (χ1) is 12.4. The van der Waals surface area contributed by atoms with E-state index in [1.54, 1.807) is 23.0 Å². The Labute approximate surface area is 157 Å². The number of ether oxygens (including phenoxy) is 1. The Bertz CT molecular complexity index is 950. The number of carbonyl (C=O) groups is 1. The van der Waals surface area contributed by atoms with Gasteiger partial charge in [-0.3, -0.25) is 9.48 Å². The van der Waals surface area contributed by atoms with E-state index in [1.165, 1.54) is 0 Å². The molecule has 1 heterocycles. The highest BCUT2D eigenvalue weighted by Crippen LogP contribution is 2.23. The predicted molar refractivity (Wildman–Crippen MR) is 103 cm³/mol. The van der Waals surface area contributed by atoms with Crippen molar-refractivity contribution in [3.63, 3.8) is 0 Å². The van der Waals surface area contributed by atoms with Crippen molar-refractivity contribution in [2.75, 3.05) is 5.32 Å². The predicted octanol–water partition coefficient (Wildman–Crippen LogP) is 4.52. The summed E-state index contributed by atoms with van der Waals surface area (Å²) in [5.41, 5.74) is 3.94. The molecule has 26 heavy (non-hydrogen) atoms. The number of hydrogen-bond donors (Lipinski definition) is 1. The highest BCUT2D eigenvalue weighted by molar-refractivity contribution is 6.30. The molecule has 0 fully saturated rings. The summed E-state index contributed by atoms with van der Waals surface area (Å²) in [6, 6.07) is 12.9. The Morgan fingerprint density at radius 1 is 1.23 bits per heavy atom. The van der Waals surface area contributed by atoms with Crippen molar-refractivity contribution < 1.29 is 9.53 Å². The third-order valence-corrected chi connectivity index (χ3v) is 4.22. The minimum Gasteiger partial charge on any atom is -0.489 e. The van der Waals surface area contributed by atoms with E-state index in [1.807, 2.05) is 51.2 Å². The largest absolute Gasteiger partial charge is 0.489 e. The van der Waals surface area contributed by atoms with Gasteiger partial charge in [0.05, 0.1) is 11.4 Å². The number of hydrogen-bond acceptors (Lipinski definition) is 3. The van der Waals surface area contributed by atoms with Crippen LogP contribution in [0.4, 0.5) is 5.69 Å². The van der Waals surface area contributed by atoms with Crippen LogP contribution >= 0.6 is 11.6 Å². The SMILES string of the molecule is Cc1cc(Cl)ccc1OCc1cccc(C(=O)Nc2cn(C)nc2C)c1. The minimum absolute atomic E-state index is 0.175. The second-order valence-electron chi connectivity index (χ2n) is 6.15. The van der Waals surface area contributed by atoms with E-state index in [-0.39, 0.29) is 5.91 Å². The van der Waals surface area contributed by atoms with Gasteiger partial charge in [0.2, 0.25) is 0 Å². The van der Waals surface area contributed by atoms with E-state index < -0.39 is 0 Å². The molecule has 2 aromatic carbocycles. The van der Waals surface area contributed by atoms with Crippen molar-refractivity contribution in [3.05, 3.63) is 76.1 Å². The van der Waals surface area contributed by atoms with E-state index in [0.29, 0.717) is 22.9 Å². The van der Waals surface area contributed by atoms with Crippen LogP contribution in [0.2, 0.25) is 5.02 Å². The fourth-order valence-electron chi connectivity index (χ4n) is 2.65. The number of carbonyl (C=O) groups excluding carboxylic acids is 1. The van der Waals surface area contributed by atoms with E-state index in [0.717, 1.165) is 22.6 Å². The summed E-state index contributed by atoms with van der Waals surface area (Å²) in [6.07, 6.45) is 1.78. The number of aryl methyl sites for hydroxylation is 3. The molecule has 134 valence electrons. The third kappa shape index (κ3) is 4.24. The van der Waals surface area contributed by atoms with Gasteiger partial charge in [-0.15, -0.1) is 0 Å². The van der Waals surface area contributed by atoms with Gasteiger partial charge in [0, 0.05) is 23.8 Å². The van der Waals surface area contributed by atoms with Crippen LogP contribution < -0.4 is 10.1 Å². The lowest BCUT2D eigenvalue weighted by Crippen LogP contribution is -2.12. The molecule has 1 N–H and O–H groups in total. The monoisotopic (exact) mass is 369 g/mol. The number of rotatable bonds is 5. The Morgan fingerprint density at radius 2 is 2.04 bits per heavy atom. The van der Waals surface area contributed by atoms with Crippen molar-refractivity contribution in [2.45, 2.75) is 20.5 Å². The normalized spacial score (nSPS) is 10.6.